The fourth-order valence-electron chi connectivity index (χ4n) is 12.0. The molecule has 0 aromatic carbocycles. The van der Waals surface area contributed by atoms with Gasteiger partial charge in [0.25, 0.3) is 0 Å². The lowest BCUT2D eigenvalue weighted by Crippen LogP contribution is -2.61. The van der Waals surface area contributed by atoms with E-state index in [9.17, 15) is 35.1 Å². The first kappa shape index (κ1) is 83.6. The van der Waals surface area contributed by atoms with Gasteiger partial charge in [0.15, 0.2) is 12.4 Å². The lowest BCUT2D eigenvalue weighted by atomic mass is 9.99. The van der Waals surface area contributed by atoms with Crippen molar-refractivity contribution in [3.05, 3.63) is 48.6 Å². The second-order valence-electron chi connectivity index (χ2n) is 26.4. The number of rotatable bonds is 66. The molecule has 1 amide bonds. The van der Waals surface area contributed by atoms with E-state index in [4.69, 9.17) is 14.2 Å². The van der Waals surface area contributed by atoms with Crippen LogP contribution in [0.5, 0.6) is 0 Å². The quantitative estimate of drug-likeness (QED) is 0.0195. The van der Waals surface area contributed by atoms with E-state index in [0.717, 1.165) is 77.0 Å². The summed E-state index contributed by atoms with van der Waals surface area (Å²) in [5.41, 5.74) is 0. The van der Waals surface area contributed by atoms with Crippen LogP contribution in [0.4, 0.5) is 0 Å². The van der Waals surface area contributed by atoms with Crippen molar-refractivity contribution in [2.24, 2.45) is 0 Å². The molecule has 0 saturated carbocycles. The van der Waals surface area contributed by atoms with Crippen LogP contribution in [0, 0.1) is 0 Å². The maximum absolute atomic E-state index is 13.5. The van der Waals surface area contributed by atoms with E-state index in [-0.39, 0.29) is 13.0 Å². The zero-order chi connectivity index (χ0) is 63.9. The molecule has 0 aliphatic carbocycles. The number of esters is 1. The second-order valence-corrected chi connectivity index (χ2v) is 26.4. The molecule has 1 saturated heterocycles. The number of hydrogen-bond donors (Lipinski definition) is 6. The van der Waals surface area contributed by atoms with Gasteiger partial charge in [-0.1, -0.05) is 345 Å². The van der Waals surface area contributed by atoms with Gasteiger partial charge in [-0.15, -0.1) is 0 Å². The molecule has 0 spiro atoms. The lowest BCUT2D eigenvalue weighted by Gasteiger charge is -2.41. The van der Waals surface area contributed by atoms with Crippen LogP contribution in [0.25, 0.3) is 0 Å². The molecule has 0 aromatic heterocycles. The molecule has 6 N–H and O–H groups in total. The average Bonchev–Trinajstić information content (AvgIpc) is 2.54. The number of allylic oxidation sites excluding steroid dienone is 7. The number of unbranched alkanes of at least 4 members (excludes halogenated alkanes) is 46. The summed E-state index contributed by atoms with van der Waals surface area (Å²) < 4.78 is 17.7. The van der Waals surface area contributed by atoms with Crippen LogP contribution in [-0.4, -0.2) is 99.6 Å². The number of aliphatic hydroxyl groups is 5. The van der Waals surface area contributed by atoms with E-state index in [2.05, 4.69) is 62.5 Å². The Kier molecular flexibility index (Phi) is 61.5. The summed E-state index contributed by atoms with van der Waals surface area (Å²) in [5, 5.41) is 57.3. The van der Waals surface area contributed by atoms with Crippen molar-refractivity contribution < 1.29 is 49.3 Å². The second kappa shape index (κ2) is 64.7. The van der Waals surface area contributed by atoms with Crippen molar-refractivity contribution in [1.82, 2.24) is 5.32 Å². The van der Waals surface area contributed by atoms with Crippen LogP contribution < -0.4 is 5.32 Å². The third kappa shape index (κ3) is 51.2. The van der Waals surface area contributed by atoms with Crippen molar-refractivity contribution in [2.45, 2.75) is 416 Å². The van der Waals surface area contributed by atoms with Crippen LogP contribution in [-0.2, 0) is 23.8 Å². The minimum atomic E-state index is -1.62. The van der Waals surface area contributed by atoms with Crippen LogP contribution in [0.15, 0.2) is 48.6 Å². The Hall–Kier alpha value is -2.38. The molecule has 8 atom stereocenters. The SMILES string of the molecule is CCCCC/C=C\C/C=C\C/C=C\CCCCCCCCCCCCC(=O)OC1C(OCC(NC(=O)C(O)CCCCCCCCCCCCCCCCCCCCCCCCCC)C(O)/C=C/CCCCCCCCCCCC)OC(CO)C(O)C1O. The minimum absolute atomic E-state index is 0.121. The predicted octanol–water partition coefficient (Wildman–Crippen LogP) is 19.9. The smallest absolute Gasteiger partial charge is 0.306 e. The van der Waals surface area contributed by atoms with Gasteiger partial charge in [-0.05, 0) is 64.2 Å². The van der Waals surface area contributed by atoms with Gasteiger partial charge in [0.2, 0.25) is 5.91 Å². The van der Waals surface area contributed by atoms with E-state index >= 15 is 0 Å². The maximum atomic E-state index is 13.5. The van der Waals surface area contributed by atoms with Crippen molar-refractivity contribution in [2.75, 3.05) is 13.2 Å². The van der Waals surface area contributed by atoms with Crippen molar-refractivity contribution >= 4 is 11.9 Å². The zero-order valence-electron chi connectivity index (χ0n) is 57.6. The number of amides is 1. The number of aliphatic hydroxyl groups excluding tert-OH is 5. The van der Waals surface area contributed by atoms with E-state index in [1.54, 1.807) is 6.08 Å². The monoisotopic (exact) mass is 1240 g/mol. The van der Waals surface area contributed by atoms with Gasteiger partial charge in [-0.2, -0.15) is 0 Å². The van der Waals surface area contributed by atoms with Crippen LogP contribution in [0.3, 0.4) is 0 Å². The first-order valence-electron chi connectivity index (χ1n) is 37.9. The van der Waals surface area contributed by atoms with Gasteiger partial charge in [0.05, 0.1) is 25.4 Å². The Bertz CT molecular complexity index is 1620. The van der Waals surface area contributed by atoms with Gasteiger partial charge < -0.3 is 45.1 Å². The van der Waals surface area contributed by atoms with Gasteiger partial charge in [0, 0.05) is 6.42 Å². The predicted molar refractivity (Wildman–Crippen MR) is 370 cm³/mol. The van der Waals surface area contributed by atoms with Gasteiger partial charge in [-0.3, -0.25) is 9.59 Å². The Morgan fingerprint density at radius 1 is 0.443 bits per heavy atom. The molecule has 0 bridgehead atoms. The number of nitrogens with one attached hydrogen (secondary N) is 1. The molecular weight excluding hydrogens is 1100 g/mol. The molecule has 1 rings (SSSR count). The number of ether oxygens (including phenoxy) is 3. The van der Waals surface area contributed by atoms with E-state index in [1.807, 2.05) is 6.08 Å². The van der Waals surface area contributed by atoms with Crippen LogP contribution in [0.1, 0.15) is 367 Å². The third-order valence-electron chi connectivity index (χ3n) is 18.0. The van der Waals surface area contributed by atoms with Gasteiger partial charge in [0.1, 0.15) is 24.4 Å². The molecule has 0 aromatic rings. The van der Waals surface area contributed by atoms with E-state index < -0.39 is 67.4 Å². The summed E-state index contributed by atoms with van der Waals surface area (Å²) in [6.45, 7) is 5.82. The molecule has 11 heteroatoms. The highest BCUT2D eigenvalue weighted by molar-refractivity contribution is 5.80. The highest BCUT2D eigenvalue weighted by Gasteiger charge is 2.47. The molecule has 0 radical (unpaired) electrons. The summed E-state index contributed by atoms with van der Waals surface area (Å²) in [5.74, 6) is -1.18. The number of carbonyl (C=O) groups excluding carboxylic acids is 2. The highest BCUT2D eigenvalue weighted by Crippen LogP contribution is 2.27. The normalized spacial score (nSPS) is 18.4. The summed E-state index contributed by atoms with van der Waals surface area (Å²) in [7, 11) is 0. The number of carbonyl (C=O) groups is 2. The Morgan fingerprint density at radius 3 is 1.19 bits per heavy atom. The largest absolute Gasteiger partial charge is 0.454 e. The van der Waals surface area contributed by atoms with Gasteiger partial charge >= 0.3 is 5.97 Å². The van der Waals surface area contributed by atoms with Crippen molar-refractivity contribution in [3.8, 4) is 0 Å². The minimum Gasteiger partial charge on any atom is -0.454 e. The van der Waals surface area contributed by atoms with Crippen LogP contribution >= 0.6 is 0 Å². The summed E-state index contributed by atoms with van der Waals surface area (Å²) in [6.07, 6.45) is 71.6. The maximum Gasteiger partial charge on any atom is 0.306 e. The van der Waals surface area contributed by atoms with Gasteiger partial charge in [-0.25, -0.2) is 0 Å². The average molecular weight is 1240 g/mol. The third-order valence-corrected chi connectivity index (χ3v) is 18.0. The molecule has 11 nitrogen and oxygen atoms in total. The molecule has 1 heterocycles. The van der Waals surface area contributed by atoms with E-state index in [1.165, 1.54) is 244 Å². The first-order valence-corrected chi connectivity index (χ1v) is 37.9. The molecular formula is C77H143NO10. The highest BCUT2D eigenvalue weighted by atomic mass is 16.7. The number of hydrogen-bond acceptors (Lipinski definition) is 10. The van der Waals surface area contributed by atoms with Crippen molar-refractivity contribution in [1.29, 1.82) is 0 Å². The molecule has 1 aliphatic rings. The summed E-state index contributed by atoms with van der Waals surface area (Å²) in [4.78, 5) is 26.7. The Labute approximate surface area is 542 Å². The molecule has 88 heavy (non-hydrogen) atoms. The van der Waals surface area contributed by atoms with Crippen molar-refractivity contribution in [3.63, 3.8) is 0 Å². The molecule has 516 valence electrons. The fourth-order valence-corrected chi connectivity index (χ4v) is 12.0. The molecule has 1 aliphatic heterocycles. The van der Waals surface area contributed by atoms with Crippen LogP contribution in [0.2, 0.25) is 0 Å². The summed E-state index contributed by atoms with van der Waals surface area (Å²) >= 11 is 0. The molecule has 8 unspecified atom stereocenters. The van der Waals surface area contributed by atoms with E-state index in [0.29, 0.717) is 19.3 Å². The molecule has 1 fully saturated rings. The zero-order valence-corrected chi connectivity index (χ0v) is 57.6. The Balaban J connectivity index is 2.53. The Morgan fingerprint density at radius 2 is 0.784 bits per heavy atom. The fraction of sp³-hybridized carbons (Fsp3) is 0.870. The first-order chi connectivity index (χ1) is 43.2. The summed E-state index contributed by atoms with van der Waals surface area (Å²) in [6, 6.07) is -1.02. The topological polar surface area (TPSA) is 175 Å². The lowest BCUT2D eigenvalue weighted by molar-refractivity contribution is -0.305. The standard InChI is InChI=1S/C77H143NO10/c1-4-7-10-13-16-19-22-25-27-29-31-33-35-37-38-40-42-44-46-49-52-55-58-61-64-70(81)76(85)78-68(69(80)63-60-57-54-51-48-24-21-18-15-12-9-6-3)67-86-77-75(74(84)73(83)71(66-79)87-77)88-72(82)65-62-59-56-53-50-47-45-43-41-39-36-34-32-30-28-26-23-20-17-14-11-8-5-2/h17,20,26,28,32,34,60,63,68-71,73-75,77,79-81,83-84H,4-16,18-19,21-25,27,29-31,33,35-59,61-62,64-67H2,1-3H3,(H,78,85)/b20-17-,28-26-,34-32-,63-60+.